The molecular weight excluding hydrogens is 212 g/mol. The summed E-state index contributed by atoms with van der Waals surface area (Å²) in [6.07, 6.45) is 3.36. The number of methoxy groups -OCH3 is 1. The second-order valence-corrected chi connectivity index (χ2v) is 3.08. The van der Waals surface area contributed by atoms with Gasteiger partial charge in [0.2, 0.25) is 18.3 Å². The van der Waals surface area contributed by atoms with Gasteiger partial charge in [-0.15, -0.1) is 0 Å². The highest BCUT2D eigenvalue weighted by molar-refractivity contribution is 5.78. The first-order valence-electron chi connectivity index (χ1n) is 4.59. The fourth-order valence-electron chi connectivity index (χ4n) is 1.48. The van der Waals surface area contributed by atoms with Gasteiger partial charge in [-0.3, -0.25) is 4.79 Å². The number of rotatable bonds is 3. The van der Waals surface area contributed by atoms with Gasteiger partial charge in [0, 0.05) is 5.56 Å². The molecule has 0 radical (unpaired) electrons. The summed E-state index contributed by atoms with van der Waals surface area (Å²) in [5.41, 5.74) is 0.438. The normalized spacial score (nSPS) is 13.1. The zero-order valence-electron chi connectivity index (χ0n) is 8.60. The Morgan fingerprint density at radius 3 is 3.00 bits per heavy atom. The van der Waals surface area contributed by atoms with Crippen LogP contribution in [0.1, 0.15) is 5.56 Å². The summed E-state index contributed by atoms with van der Waals surface area (Å²) in [6, 6.07) is 1.58. The van der Waals surface area contributed by atoms with Gasteiger partial charge in [-0.1, -0.05) is 0 Å². The lowest BCUT2D eigenvalue weighted by Gasteiger charge is -2.09. The molecule has 0 bridgehead atoms. The van der Waals surface area contributed by atoms with E-state index in [1.807, 2.05) is 0 Å². The standard InChI is InChI=1S/C11H10O5/c1-14-11-9(13)7(3-2-4-12)5-8-10(11)16-6-15-8/h2-5,13H,6H2,1H3/b3-2+. The lowest BCUT2D eigenvalue weighted by Crippen LogP contribution is -1.94. The topological polar surface area (TPSA) is 65.0 Å². The summed E-state index contributed by atoms with van der Waals surface area (Å²) in [5.74, 6) is 0.994. The van der Waals surface area contributed by atoms with Crippen molar-refractivity contribution in [2.45, 2.75) is 0 Å². The molecule has 5 heteroatoms. The molecule has 0 amide bonds. The van der Waals surface area contributed by atoms with E-state index in [4.69, 9.17) is 14.2 Å². The maximum absolute atomic E-state index is 10.2. The van der Waals surface area contributed by atoms with Gasteiger partial charge in [-0.2, -0.15) is 0 Å². The van der Waals surface area contributed by atoms with Crippen molar-refractivity contribution in [1.29, 1.82) is 0 Å². The second kappa shape index (κ2) is 4.14. The Bertz CT molecular complexity index is 450. The zero-order valence-corrected chi connectivity index (χ0v) is 8.60. The smallest absolute Gasteiger partial charge is 0.231 e. The van der Waals surface area contributed by atoms with Gasteiger partial charge in [-0.25, -0.2) is 0 Å². The van der Waals surface area contributed by atoms with Crippen molar-refractivity contribution in [2.24, 2.45) is 0 Å². The Morgan fingerprint density at radius 1 is 1.50 bits per heavy atom. The van der Waals surface area contributed by atoms with Crippen LogP contribution in [-0.4, -0.2) is 25.3 Å². The van der Waals surface area contributed by atoms with Crippen LogP contribution < -0.4 is 14.2 Å². The Morgan fingerprint density at radius 2 is 2.31 bits per heavy atom. The quantitative estimate of drug-likeness (QED) is 0.617. The molecule has 2 rings (SSSR count). The van der Waals surface area contributed by atoms with E-state index in [0.717, 1.165) is 0 Å². The van der Waals surface area contributed by atoms with E-state index >= 15 is 0 Å². The fourth-order valence-corrected chi connectivity index (χ4v) is 1.48. The molecule has 1 aliphatic rings. The monoisotopic (exact) mass is 222 g/mol. The summed E-state index contributed by atoms with van der Waals surface area (Å²) in [7, 11) is 1.42. The summed E-state index contributed by atoms with van der Waals surface area (Å²) in [6.45, 7) is 0.0893. The van der Waals surface area contributed by atoms with E-state index in [1.165, 1.54) is 19.3 Å². The van der Waals surface area contributed by atoms with Gasteiger partial charge in [0.1, 0.15) is 6.29 Å². The molecule has 0 saturated carbocycles. The average Bonchev–Trinajstić information content (AvgIpc) is 2.74. The number of allylic oxidation sites excluding steroid dienone is 1. The number of aldehydes is 1. The molecule has 1 aromatic carbocycles. The summed E-state index contributed by atoms with van der Waals surface area (Å²) in [4.78, 5) is 10.2. The first-order valence-corrected chi connectivity index (χ1v) is 4.59. The minimum Gasteiger partial charge on any atom is -0.504 e. The van der Waals surface area contributed by atoms with Crippen molar-refractivity contribution in [2.75, 3.05) is 13.9 Å². The molecule has 0 spiro atoms. The van der Waals surface area contributed by atoms with Gasteiger partial charge in [-0.05, 0) is 18.2 Å². The molecule has 0 unspecified atom stereocenters. The van der Waals surface area contributed by atoms with Crippen LogP contribution in [0.4, 0.5) is 0 Å². The Labute approximate surface area is 91.9 Å². The Balaban J connectivity index is 2.55. The lowest BCUT2D eigenvalue weighted by atomic mass is 10.1. The fraction of sp³-hybridized carbons (Fsp3) is 0.182. The lowest BCUT2D eigenvalue weighted by molar-refractivity contribution is -0.104. The van der Waals surface area contributed by atoms with Gasteiger partial charge < -0.3 is 19.3 Å². The minimum atomic E-state index is -0.0788. The largest absolute Gasteiger partial charge is 0.504 e. The van der Waals surface area contributed by atoms with Crippen molar-refractivity contribution in [1.82, 2.24) is 0 Å². The maximum Gasteiger partial charge on any atom is 0.231 e. The predicted octanol–water partition coefficient (Wildman–Crippen LogP) is 1.34. The number of carbonyl (C=O) groups is 1. The molecular formula is C11H10O5. The molecule has 1 N–H and O–H groups in total. The summed E-state index contributed by atoms with van der Waals surface area (Å²) in [5, 5.41) is 9.85. The van der Waals surface area contributed by atoms with Gasteiger partial charge in [0.15, 0.2) is 11.5 Å². The number of benzene rings is 1. The van der Waals surface area contributed by atoms with E-state index in [1.54, 1.807) is 6.07 Å². The van der Waals surface area contributed by atoms with Crippen LogP contribution in [0.15, 0.2) is 12.1 Å². The van der Waals surface area contributed by atoms with Crippen LogP contribution in [0.2, 0.25) is 0 Å². The molecule has 1 aromatic rings. The number of hydrogen-bond donors (Lipinski definition) is 1. The molecule has 1 heterocycles. The Kier molecular flexibility index (Phi) is 2.68. The van der Waals surface area contributed by atoms with Crippen LogP contribution >= 0.6 is 0 Å². The highest BCUT2D eigenvalue weighted by atomic mass is 16.7. The van der Waals surface area contributed by atoms with Crippen LogP contribution in [0.5, 0.6) is 23.0 Å². The SMILES string of the molecule is COc1c(O)c(/C=C/C=O)cc2c1OCO2. The first-order chi connectivity index (χ1) is 7.77. The third kappa shape index (κ3) is 1.56. The number of fused-ring (bicyclic) bond motifs is 1. The van der Waals surface area contributed by atoms with E-state index in [0.29, 0.717) is 23.3 Å². The molecule has 0 aromatic heterocycles. The molecule has 16 heavy (non-hydrogen) atoms. The highest BCUT2D eigenvalue weighted by Crippen LogP contribution is 2.48. The highest BCUT2D eigenvalue weighted by Gasteiger charge is 2.24. The third-order valence-electron chi connectivity index (χ3n) is 2.18. The van der Waals surface area contributed by atoms with Crippen LogP contribution in [0.3, 0.4) is 0 Å². The number of ether oxygens (including phenoxy) is 3. The summed E-state index contributed by atoms with van der Waals surface area (Å²) < 4.78 is 15.4. The van der Waals surface area contributed by atoms with Gasteiger partial charge in [0.25, 0.3) is 0 Å². The van der Waals surface area contributed by atoms with E-state index in [-0.39, 0.29) is 18.3 Å². The van der Waals surface area contributed by atoms with Crippen molar-refractivity contribution >= 4 is 12.4 Å². The van der Waals surface area contributed by atoms with Gasteiger partial charge in [0.05, 0.1) is 7.11 Å². The number of aromatic hydroxyl groups is 1. The molecule has 84 valence electrons. The Hall–Kier alpha value is -2.17. The van der Waals surface area contributed by atoms with Crippen LogP contribution in [-0.2, 0) is 4.79 Å². The van der Waals surface area contributed by atoms with Crippen LogP contribution in [0.25, 0.3) is 6.08 Å². The zero-order chi connectivity index (χ0) is 11.5. The molecule has 1 aliphatic heterocycles. The minimum absolute atomic E-state index is 0.0788. The molecule has 0 atom stereocenters. The average molecular weight is 222 g/mol. The van der Waals surface area contributed by atoms with Crippen molar-refractivity contribution in [3.05, 3.63) is 17.7 Å². The van der Waals surface area contributed by atoms with Gasteiger partial charge >= 0.3 is 0 Å². The maximum atomic E-state index is 10.2. The molecule has 5 nitrogen and oxygen atoms in total. The van der Waals surface area contributed by atoms with E-state index in [9.17, 15) is 9.90 Å². The summed E-state index contributed by atoms with van der Waals surface area (Å²) >= 11 is 0. The predicted molar refractivity (Wildman–Crippen MR) is 55.9 cm³/mol. The third-order valence-corrected chi connectivity index (χ3v) is 2.18. The second-order valence-electron chi connectivity index (χ2n) is 3.08. The van der Waals surface area contributed by atoms with Crippen molar-refractivity contribution < 1.29 is 24.1 Å². The van der Waals surface area contributed by atoms with Crippen molar-refractivity contribution in [3.8, 4) is 23.0 Å². The van der Waals surface area contributed by atoms with E-state index in [2.05, 4.69) is 0 Å². The van der Waals surface area contributed by atoms with Crippen LogP contribution in [0, 0.1) is 0 Å². The molecule has 0 aliphatic carbocycles. The molecule has 0 saturated heterocycles. The van der Waals surface area contributed by atoms with E-state index < -0.39 is 0 Å². The number of hydrogen-bond acceptors (Lipinski definition) is 5. The molecule has 0 fully saturated rings. The number of carbonyl (C=O) groups excluding carboxylic acids is 1. The first kappa shape index (κ1) is 10.4. The number of phenolic OH excluding ortho intramolecular Hbond substituents is 1. The van der Waals surface area contributed by atoms with Crippen molar-refractivity contribution in [3.63, 3.8) is 0 Å². The number of phenols is 1.